The molecule has 0 bridgehead atoms. The Balaban J connectivity index is 2.21. The predicted octanol–water partition coefficient (Wildman–Crippen LogP) is 3.42. The molecule has 2 aromatic carbocycles. The zero-order valence-corrected chi connectivity index (χ0v) is 11.6. The van der Waals surface area contributed by atoms with Gasteiger partial charge in [0.05, 0.1) is 5.92 Å². The van der Waals surface area contributed by atoms with E-state index in [1.165, 1.54) is 0 Å². The van der Waals surface area contributed by atoms with Gasteiger partial charge in [-0.05, 0) is 17.7 Å². The van der Waals surface area contributed by atoms with Crippen LogP contribution >= 0.6 is 12.6 Å². The first-order chi connectivity index (χ1) is 9.58. The van der Waals surface area contributed by atoms with Gasteiger partial charge >= 0.3 is 5.97 Å². The van der Waals surface area contributed by atoms with Crippen LogP contribution in [0.3, 0.4) is 0 Å². The average Bonchev–Trinajstić information content (AvgIpc) is 2.45. The molecule has 0 aromatic heterocycles. The van der Waals surface area contributed by atoms with Crippen LogP contribution in [0.2, 0.25) is 0 Å². The minimum Gasteiger partial charge on any atom is -0.481 e. The summed E-state index contributed by atoms with van der Waals surface area (Å²) < 4.78 is 0. The van der Waals surface area contributed by atoms with Crippen molar-refractivity contribution in [2.24, 2.45) is 0 Å². The van der Waals surface area contributed by atoms with Gasteiger partial charge in [-0.2, -0.15) is 0 Å². The van der Waals surface area contributed by atoms with E-state index in [0.29, 0.717) is 16.0 Å². The summed E-state index contributed by atoms with van der Waals surface area (Å²) in [6.07, 6.45) is -0.0590. The highest BCUT2D eigenvalue weighted by Crippen LogP contribution is 2.22. The summed E-state index contributed by atoms with van der Waals surface area (Å²) in [5.74, 6) is -2.02. The molecule has 1 atom stereocenters. The summed E-state index contributed by atoms with van der Waals surface area (Å²) in [6, 6.07) is 15.6. The number of carboxylic acids is 1. The number of Topliss-reactive ketones (excluding diaryl/α,β-unsaturated/α-hetero) is 1. The van der Waals surface area contributed by atoms with Crippen molar-refractivity contribution in [3.63, 3.8) is 0 Å². The molecule has 4 heteroatoms. The van der Waals surface area contributed by atoms with Crippen molar-refractivity contribution in [3.05, 3.63) is 65.7 Å². The maximum atomic E-state index is 12.2. The third kappa shape index (κ3) is 3.48. The Kier molecular flexibility index (Phi) is 4.58. The number of benzene rings is 2. The van der Waals surface area contributed by atoms with E-state index in [9.17, 15) is 14.7 Å². The van der Waals surface area contributed by atoms with E-state index >= 15 is 0 Å². The van der Waals surface area contributed by atoms with Gasteiger partial charge in [0.15, 0.2) is 5.78 Å². The Labute approximate surface area is 122 Å². The third-order valence-electron chi connectivity index (χ3n) is 3.06. The van der Waals surface area contributed by atoms with Gasteiger partial charge in [0, 0.05) is 16.9 Å². The third-order valence-corrected chi connectivity index (χ3v) is 3.34. The van der Waals surface area contributed by atoms with Crippen molar-refractivity contribution in [3.8, 4) is 0 Å². The minimum absolute atomic E-state index is 0.0590. The number of carboxylic acid groups (broad SMARTS) is 1. The van der Waals surface area contributed by atoms with Crippen molar-refractivity contribution >= 4 is 24.4 Å². The van der Waals surface area contributed by atoms with E-state index in [1.807, 2.05) is 6.07 Å². The molecule has 0 aliphatic heterocycles. The molecule has 0 heterocycles. The van der Waals surface area contributed by atoms with Crippen LogP contribution < -0.4 is 0 Å². The normalized spacial score (nSPS) is 11.8. The lowest BCUT2D eigenvalue weighted by Gasteiger charge is -2.12. The lowest BCUT2D eigenvalue weighted by molar-refractivity contribution is -0.138. The smallest absolute Gasteiger partial charge is 0.311 e. The first kappa shape index (κ1) is 14.3. The van der Waals surface area contributed by atoms with Crippen molar-refractivity contribution in [2.45, 2.75) is 17.2 Å². The van der Waals surface area contributed by atoms with Crippen molar-refractivity contribution < 1.29 is 14.7 Å². The highest BCUT2D eigenvalue weighted by Gasteiger charge is 2.23. The van der Waals surface area contributed by atoms with E-state index < -0.39 is 11.9 Å². The molecule has 0 unspecified atom stereocenters. The highest BCUT2D eigenvalue weighted by atomic mass is 32.1. The molecular weight excluding hydrogens is 272 g/mol. The van der Waals surface area contributed by atoms with Gasteiger partial charge in [0.25, 0.3) is 0 Å². The molecule has 0 aliphatic carbocycles. The summed E-state index contributed by atoms with van der Waals surface area (Å²) in [5, 5.41) is 9.31. The lowest BCUT2D eigenvalue weighted by atomic mass is 9.92. The highest BCUT2D eigenvalue weighted by molar-refractivity contribution is 7.80. The first-order valence-electron chi connectivity index (χ1n) is 6.18. The number of ketones is 1. The molecule has 0 saturated carbocycles. The fourth-order valence-corrected chi connectivity index (χ4v) is 2.24. The Morgan fingerprint density at radius 1 is 1.05 bits per heavy atom. The average molecular weight is 286 g/mol. The molecule has 0 amide bonds. The zero-order chi connectivity index (χ0) is 14.5. The van der Waals surface area contributed by atoms with Gasteiger partial charge in [0.1, 0.15) is 0 Å². The van der Waals surface area contributed by atoms with Crippen LogP contribution in [-0.2, 0) is 4.79 Å². The number of hydrogen-bond acceptors (Lipinski definition) is 3. The van der Waals surface area contributed by atoms with Crippen molar-refractivity contribution in [1.82, 2.24) is 0 Å². The van der Waals surface area contributed by atoms with Crippen LogP contribution in [0.15, 0.2) is 59.5 Å². The van der Waals surface area contributed by atoms with Crippen LogP contribution in [0, 0.1) is 0 Å². The van der Waals surface area contributed by atoms with Gasteiger partial charge < -0.3 is 5.11 Å². The van der Waals surface area contributed by atoms with E-state index in [-0.39, 0.29) is 12.2 Å². The Bertz CT molecular complexity index is 623. The quantitative estimate of drug-likeness (QED) is 0.654. The molecule has 0 aliphatic rings. The van der Waals surface area contributed by atoms with Gasteiger partial charge in [-0.15, -0.1) is 12.6 Å². The Hall–Kier alpha value is -2.07. The van der Waals surface area contributed by atoms with E-state index in [0.717, 1.165) is 0 Å². The summed E-state index contributed by atoms with van der Waals surface area (Å²) in [4.78, 5) is 24.2. The Morgan fingerprint density at radius 3 is 2.35 bits per heavy atom. The molecule has 0 fully saturated rings. The van der Waals surface area contributed by atoms with Crippen LogP contribution in [0.4, 0.5) is 0 Å². The molecule has 102 valence electrons. The minimum atomic E-state index is -0.994. The second-order valence-corrected chi connectivity index (χ2v) is 5.00. The maximum absolute atomic E-state index is 12.2. The molecule has 20 heavy (non-hydrogen) atoms. The molecular formula is C16H14O3S. The predicted molar refractivity (Wildman–Crippen MR) is 79.5 cm³/mol. The van der Waals surface area contributed by atoms with Crippen LogP contribution in [-0.4, -0.2) is 16.9 Å². The fraction of sp³-hybridized carbons (Fsp3) is 0.125. The number of carbonyl (C=O) groups excluding carboxylic acids is 1. The largest absolute Gasteiger partial charge is 0.481 e. The molecule has 3 nitrogen and oxygen atoms in total. The van der Waals surface area contributed by atoms with Gasteiger partial charge in [-0.1, -0.05) is 42.5 Å². The summed E-state index contributed by atoms with van der Waals surface area (Å²) in [5.41, 5.74) is 1.12. The SMILES string of the molecule is O=C(C[C@H](C(=O)O)c1ccccc1)c1cccc(S)c1. The Morgan fingerprint density at radius 2 is 1.75 bits per heavy atom. The topological polar surface area (TPSA) is 54.4 Å². The maximum Gasteiger partial charge on any atom is 0.311 e. The van der Waals surface area contributed by atoms with Crippen LogP contribution in [0.5, 0.6) is 0 Å². The zero-order valence-electron chi connectivity index (χ0n) is 10.7. The molecule has 2 aromatic rings. The molecule has 2 rings (SSSR count). The summed E-state index contributed by atoms with van der Waals surface area (Å²) >= 11 is 4.18. The molecule has 0 saturated heterocycles. The van der Waals surface area contributed by atoms with Crippen molar-refractivity contribution in [2.75, 3.05) is 0 Å². The number of hydrogen-bond donors (Lipinski definition) is 2. The van der Waals surface area contributed by atoms with Crippen LogP contribution in [0.25, 0.3) is 0 Å². The number of aliphatic carboxylic acids is 1. The summed E-state index contributed by atoms with van der Waals surface area (Å²) in [6.45, 7) is 0. The van der Waals surface area contributed by atoms with Crippen LogP contribution in [0.1, 0.15) is 28.3 Å². The number of thiol groups is 1. The lowest BCUT2D eigenvalue weighted by Crippen LogP contribution is -2.16. The number of carbonyl (C=O) groups is 2. The van der Waals surface area contributed by atoms with Crippen molar-refractivity contribution in [1.29, 1.82) is 0 Å². The second-order valence-electron chi connectivity index (χ2n) is 4.48. The molecule has 0 spiro atoms. The van der Waals surface area contributed by atoms with E-state index in [4.69, 9.17) is 0 Å². The van der Waals surface area contributed by atoms with Gasteiger partial charge in [-0.3, -0.25) is 9.59 Å². The van der Waals surface area contributed by atoms with Gasteiger partial charge in [0.2, 0.25) is 0 Å². The monoisotopic (exact) mass is 286 g/mol. The fourth-order valence-electron chi connectivity index (χ4n) is 2.02. The standard InChI is InChI=1S/C16H14O3S/c17-15(12-7-4-8-13(20)9-12)10-14(16(18)19)11-5-2-1-3-6-11/h1-9,14,20H,10H2,(H,18,19)/t14-/m0/s1. The molecule has 1 N–H and O–H groups in total. The van der Waals surface area contributed by atoms with Gasteiger partial charge in [-0.25, -0.2) is 0 Å². The first-order valence-corrected chi connectivity index (χ1v) is 6.62. The second kappa shape index (κ2) is 6.39. The number of rotatable bonds is 5. The summed E-state index contributed by atoms with van der Waals surface area (Å²) in [7, 11) is 0. The van der Waals surface area contributed by atoms with E-state index in [1.54, 1.807) is 48.5 Å². The van der Waals surface area contributed by atoms with E-state index in [2.05, 4.69) is 12.6 Å². The molecule has 0 radical (unpaired) electrons.